The zero-order valence-corrected chi connectivity index (χ0v) is 17.7. The fourth-order valence-corrected chi connectivity index (χ4v) is 2.89. The fourth-order valence-electron chi connectivity index (χ4n) is 2.89. The van der Waals surface area contributed by atoms with Gasteiger partial charge in [0.1, 0.15) is 0 Å². The summed E-state index contributed by atoms with van der Waals surface area (Å²) in [5, 5.41) is 14.6. The van der Waals surface area contributed by atoms with E-state index in [1.54, 1.807) is 37.0 Å². The Kier molecular flexibility index (Phi) is 6.55. The van der Waals surface area contributed by atoms with Crippen LogP contribution in [0.3, 0.4) is 0 Å². The second-order valence-electron chi connectivity index (χ2n) is 6.30. The van der Waals surface area contributed by atoms with E-state index < -0.39 is 5.91 Å². The first-order valence-electron chi connectivity index (χ1n) is 9.68. The van der Waals surface area contributed by atoms with E-state index in [0.29, 0.717) is 42.6 Å². The van der Waals surface area contributed by atoms with Crippen molar-refractivity contribution in [1.29, 1.82) is 0 Å². The van der Waals surface area contributed by atoms with E-state index in [4.69, 9.17) is 18.6 Å². The van der Waals surface area contributed by atoms with Crippen molar-refractivity contribution in [2.45, 2.75) is 27.7 Å². The molecule has 1 amide bonds. The van der Waals surface area contributed by atoms with Gasteiger partial charge in [0.15, 0.2) is 17.2 Å². The topological polar surface area (TPSA) is 114 Å². The van der Waals surface area contributed by atoms with Gasteiger partial charge >= 0.3 is 6.01 Å². The predicted octanol–water partition coefficient (Wildman–Crippen LogP) is 3.23. The van der Waals surface area contributed by atoms with Crippen molar-refractivity contribution in [1.82, 2.24) is 20.0 Å². The lowest BCUT2D eigenvalue weighted by Crippen LogP contribution is -2.14. The highest BCUT2D eigenvalue weighted by atomic mass is 16.5. The van der Waals surface area contributed by atoms with E-state index >= 15 is 0 Å². The molecule has 0 aliphatic carbocycles. The van der Waals surface area contributed by atoms with Crippen LogP contribution in [-0.2, 0) is 7.05 Å². The molecule has 0 saturated carbocycles. The molecule has 0 bridgehead atoms. The molecule has 2 heterocycles. The van der Waals surface area contributed by atoms with Gasteiger partial charge in [-0.05, 0) is 39.8 Å². The molecular weight excluding hydrogens is 390 g/mol. The maximum absolute atomic E-state index is 12.4. The number of hydrogen-bond acceptors (Lipinski definition) is 8. The largest absolute Gasteiger partial charge is 0.490 e. The van der Waals surface area contributed by atoms with Gasteiger partial charge in [0.2, 0.25) is 11.6 Å². The molecular formula is C20H25N5O5. The van der Waals surface area contributed by atoms with Gasteiger partial charge in [-0.25, -0.2) is 0 Å². The van der Waals surface area contributed by atoms with Gasteiger partial charge in [-0.1, -0.05) is 5.10 Å². The molecule has 1 aromatic carbocycles. The molecule has 0 atom stereocenters. The Morgan fingerprint density at radius 3 is 2.23 bits per heavy atom. The third-order valence-corrected chi connectivity index (χ3v) is 4.03. The van der Waals surface area contributed by atoms with Crippen LogP contribution in [0.5, 0.6) is 17.2 Å². The van der Waals surface area contributed by atoms with E-state index in [9.17, 15) is 4.79 Å². The van der Waals surface area contributed by atoms with Crippen LogP contribution in [0, 0.1) is 6.92 Å². The summed E-state index contributed by atoms with van der Waals surface area (Å²) in [6.07, 6.45) is 1.75. The highest BCUT2D eigenvalue weighted by Crippen LogP contribution is 2.41. The van der Waals surface area contributed by atoms with Crippen LogP contribution in [0.2, 0.25) is 0 Å². The van der Waals surface area contributed by atoms with E-state index in [-0.39, 0.29) is 17.6 Å². The van der Waals surface area contributed by atoms with Gasteiger partial charge in [-0.2, -0.15) is 5.10 Å². The molecule has 0 radical (unpaired) electrons. The molecule has 1 N–H and O–H groups in total. The van der Waals surface area contributed by atoms with Crippen LogP contribution >= 0.6 is 0 Å². The summed E-state index contributed by atoms with van der Waals surface area (Å²) in [4.78, 5) is 12.4. The highest BCUT2D eigenvalue weighted by Gasteiger charge is 2.20. The van der Waals surface area contributed by atoms with E-state index in [1.165, 1.54) is 0 Å². The van der Waals surface area contributed by atoms with Crippen LogP contribution in [0.1, 0.15) is 36.8 Å². The molecule has 3 aromatic rings. The zero-order valence-electron chi connectivity index (χ0n) is 17.7. The second-order valence-corrected chi connectivity index (χ2v) is 6.30. The van der Waals surface area contributed by atoms with Crippen molar-refractivity contribution in [3.8, 4) is 28.7 Å². The van der Waals surface area contributed by atoms with Crippen molar-refractivity contribution < 1.29 is 23.4 Å². The minimum Gasteiger partial charge on any atom is -0.490 e. The molecule has 0 unspecified atom stereocenters. The normalized spacial score (nSPS) is 10.7. The number of nitrogens with one attached hydrogen (secondary N) is 1. The first-order chi connectivity index (χ1) is 14.5. The van der Waals surface area contributed by atoms with Gasteiger partial charge < -0.3 is 18.6 Å². The molecule has 10 nitrogen and oxygen atoms in total. The van der Waals surface area contributed by atoms with Gasteiger partial charge in [0.25, 0.3) is 5.91 Å². The minimum absolute atomic E-state index is 0.0372. The number of ether oxygens (including phenoxy) is 3. The quantitative estimate of drug-likeness (QED) is 0.567. The van der Waals surface area contributed by atoms with Crippen molar-refractivity contribution in [2.24, 2.45) is 7.05 Å². The third-order valence-electron chi connectivity index (χ3n) is 4.03. The number of amides is 1. The van der Waals surface area contributed by atoms with Gasteiger partial charge in [0.05, 0.1) is 19.8 Å². The highest BCUT2D eigenvalue weighted by molar-refractivity contribution is 6.02. The first-order valence-corrected chi connectivity index (χ1v) is 9.68. The average Bonchev–Trinajstić information content (AvgIpc) is 3.30. The van der Waals surface area contributed by atoms with Crippen LogP contribution in [0.25, 0.3) is 11.5 Å². The van der Waals surface area contributed by atoms with E-state index in [2.05, 4.69) is 20.6 Å². The number of carbonyl (C=O) groups is 1. The Bertz CT molecular complexity index is 1000. The van der Waals surface area contributed by atoms with E-state index in [1.807, 2.05) is 20.8 Å². The molecule has 160 valence electrons. The first kappa shape index (κ1) is 21.2. The van der Waals surface area contributed by atoms with Gasteiger partial charge in [-0.3, -0.25) is 14.8 Å². The van der Waals surface area contributed by atoms with Crippen molar-refractivity contribution in [3.63, 3.8) is 0 Å². The Morgan fingerprint density at radius 1 is 1.07 bits per heavy atom. The Balaban J connectivity index is 1.89. The summed E-state index contributed by atoms with van der Waals surface area (Å²) in [5.74, 6) is 1.30. The summed E-state index contributed by atoms with van der Waals surface area (Å²) in [6.45, 7) is 8.79. The summed E-state index contributed by atoms with van der Waals surface area (Å²) >= 11 is 0. The fraction of sp³-hybridized carbons (Fsp3) is 0.400. The number of hydrogen-bond donors (Lipinski definition) is 1. The summed E-state index contributed by atoms with van der Waals surface area (Å²) in [6, 6.07) is 3.43. The number of nitrogens with zero attached hydrogens (tertiary/aromatic N) is 4. The minimum atomic E-state index is -0.431. The van der Waals surface area contributed by atoms with Gasteiger partial charge in [0, 0.05) is 24.4 Å². The second kappa shape index (κ2) is 9.29. The summed E-state index contributed by atoms with van der Waals surface area (Å²) < 4.78 is 24.3. The monoisotopic (exact) mass is 415 g/mol. The molecule has 0 aliphatic rings. The maximum Gasteiger partial charge on any atom is 0.322 e. The zero-order chi connectivity index (χ0) is 21.7. The summed E-state index contributed by atoms with van der Waals surface area (Å²) in [7, 11) is 1.74. The molecule has 0 aliphatic heterocycles. The molecule has 0 saturated heterocycles. The number of aromatic nitrogens is 4. The lowest BCUT2D eigenvalue weighted by molar-refractivity contribution is 0.101. The van der Waals surface area contributed by atoms with Gasteiger partial charge in [-0.15, -0.1) is 5.10 Å². The van der Waals surface area contributed by atoms with Crippen LogP contribution in [0.4, 0.5) is 6.01 Å². The van der Waals surface area contributed by atoms with Crippen molar-refractivity contribution in [2.75, 3.05) is 25.1 Å². The lowest BCUT2D eigenvalue weighted by Gasteiger charge is -2.16. The van der Waals surface area contributed by atoms with Crippen LogP contribution in [0.15, 0.2) is 22.7 Å². The number of benzene rings is 1. The van der Waals surface area contributed by atoms with Crippen molar-refractivity contribution >= 4 is 11.9 Å². The predicted molar refractivity (Wildman–Crippen MR) is 109 cm³/mol. The number of rotatable bonds is 9. The molecule has 0 spiro atoms. The summed E-state index contributed by atoms with van der Waals surface area (Å²) in [5.41, 5.74) is 1.60. The van der Waals surface area contributed by atoms with Crippen LogP contribution in [-0.4, -0.2) is 45.7 Å². The number of carbonyl (C=O) groups excluding carboxylic acids is 1. The Labute approximate surface area is 174 Å². The average molecular weight is 415 g/mol. The van der Waals surface area contributed by atoms with Crippen LogP contribution < -0.4 is 19.5 Å². The standard InChI is InChI=1S/C20H25N5O5/c1-6-27-14-9-13(10-15(28-7-2)17(14)29-8-3)19-22-23-20(30-19)21-18(26)16-12(4)11-25(5)24-16/h9-11H,6-8H2,1-5H3,(H,21,23,26). The molecule has 30 heavy (non-hydrogen) atoms. The number of anilines is 1. The molecule has 2 aromatic heterocycles. The molecule has 3 rings (SSSR count). The molecule has 10 heteroatoms. The maximum atomic E-state index is 12.4. The lowest BCUT2D eigenvalue weighted by atomic mass is 10.2. The smallest absolute Gasteiger partial charge is 0.322 e. The number of aryl methyl sites for hydroxylation is 2. The van der Waals surface area contributed by atoms with E-state index in [0.717, 1.165) is 5.56 Å². The SMILES string of the molecule is CCOc1cc(-c2nnc(NC(=O)c3nn(C)cc3C)o2)cc(OCC)c1OCC. The molecule has 0 fully saturated rings. The Morgan fingerprint density at radius 2 is 1.70 bits per heavy atom. The Hall–Kier alpha value is -3.56. The van der Waals surface area contributed by atoms with Crippen molar-refractivity contribution in [3.05, 3.63) is 29.6 Å². The third kappa shape index (κ3) is 4.53.